The van der Waals surface area contributed by atoms with Gasteiger partial charge >= 0.3 is 11.9 Å². The number of imide groups is 1. The van der Waals surface area contributed by atoms with Crippen LogP contribution in [0.15, 0.2) is 65.1 Å². The number of hydrogen-bond donors (Lipinski definition) is 0. The van der Waals surface area contributed by atoms with Crippen LogP contribution in [0.3, 0.4) is 0 Å². The monoisotopic (exact) mass is 461 g/mol. The highest BCUT2D eigenvalue weighted by molar-refractivity contribution is 6.21. The first kappa shape index (κ1) is 23.0. The van der Waals surface area contributed by atoms with Gasteiger partial charge in [-0.05, 0) is 37.6 Å². The Hall–Kier alpha value is -4.14. The zero-order chi connectivity index (χ0) is 24.4. The number of fused-ring (bicyclic) bond motifs is 1. The van der Waals surface area contributed by atoms with Crippen LogP contribution in [0.25, 0.3) is 0 Å². The van der Waals surface area contributed by atoms with Crippen molar-refractivity contribution in [3.05, 3.63) is 76.8 Å². The van der Waals surface area contributed by atoms with Gasteiger partial charge in [0.25, 0.3) is 11.8 Å². The fraction of sp³-hybridized carbons (Fsp3) is 0.280. The summed E-state index contributed by atoms with van der Waals surface area (Å²) >= 11 is 0. The Balaban J connectivity index is 1.55. The molecule has 0 spiro atoms. The van der Waals surface area contributed by atoms with Gasteiger partial charge in [0.05, 0.1) is 30.4 Å². The second kappa shape index (κ2) is 9.38. The van der Waals surface area contributed by atoms with E-state index in [4.69, 9.17) is 9.47 Å². The van der Waals surface area contributed by atoms with E-state index in [1.54, 1.807) is 62.6 Å². The van der Waals surface area contributed by atoms with Crippen molar-refractivity contribution < 1.29 is 28.7 Å². The Kier molecular flexibility index (Phi) is 6.36. The summed E-state index contributed by atoms with van der Waals surface area (Å²) in [6.45, 7) is 3.08. The van der Waals surface area contributed by atoms with Crippen molar-refractivity contribution in [1.29, 1.82) is 0 Å². The lowest BCUT2D eigenvalue weighted by Crippen LogP contribution is -2.37. The molecule has 2 amide bonds. The Morgan fingerprint density at radius 3 is 2.29 bits per heavy atom. The number of aliphatic imine (C=N–C) groups is 1. The lowest BCUT2D eigenvalue weighted by Gasteiger charge is -2.31. The first-order chi connectivity index (χ1) is 16.3. The summed E-state index contributed by atoms with van der Waals surface area (Å²) in [6.07, 6.45) is 3.18. The molecular formula is C25H23N3O6. The molecule has 4 rings (SSSR count). The average molecular weight is 461 g/mol. The molecule has 0 N–H and O–H groups in total. The van der Waals surface area contributed by atoms with Crippen molar-refractivity contribution in [2.24, 2.45) is 10.9 Å². The molecule has 0 saturated heterocycles. The quantitative estimate of drug-likeness (QED) is 0.480. The molecule has 0 saturated carbocycles. The third-order valence-electron chi connectivity index (χ3n) is 5.97. The van der Waals surface area contributed by atoms with Crippen molar-refractivity contribution in [3.8, 4) is 0 Å². The second-order valence-electron chi connectivity index (χ2n) is 7.96. The molecule has 0 fully saturated rings. The number of esters is 2. The van der Waals surface area contributed by atoms with Crippen LogP contribution in [-0.4, -0.2) is 59.6 Å². The zero-order valence-electron chi connectivity index (χ0n) is 19.0. The number of nitrogens with zero attached hydrogens (tertiary/aromatic N) is 3. The number of benzene rings is 1. The minimum atomic E-state index is -0.823. The van der Waals surface area contributed by atoms with Gasteiger partial charge in [-0.15, -0.1) is 0 Å². The van der Waals surface area contributed by atoms with Crippen molar-refractivity contribution in [3.63, 3.8) is 0 Å². The predicted octanol–water partition coefficient (Wildman–Crippen LogP) is 2.54. The van der Waals surface area contributed by atoms with Crippen LogP contribution in [-0.2, 0) is 19.1 Å². The van der Waals surface area contributed by atoms with Gasteiger partial charge < -0.3 is 9.47 Å². The summed E-state index contributed by atoms with van der Waals surface area (Å²) in [5, 5.41) is 0. The van der Waals surface area contributed by atoms with Crippen molar-refractivity contribution in [2.45, 2.75) is 19.8 Å². The topological polar surface area (TPSA) is 115 Å². The Morgan fingerprint density at radius 1 is 1.03 bits per heavy atom. The third kappa shape index (κ3) is 4.00. The molecule has 2 aliphatic heterocycles. The van der Waals surface area contributed by atoms with E-state index < -0.39 is 35.6 Å². The highest BCUT2D eigenvalue weighted by Gasteiger charge is 2.42. The number of allylic oxidation sites excluding steroid dienone is 1. The molecule has 3 heterocycles. The molecular weight excluding hydrogens is 438 g/mol. The summed E-state index contributed by atoms with van der Waals surface area (Å²) in [7, 11) is 1.28. The maximum Gasteiger partial charge on any atom is 0.336 e. The molecule has 2 atom stereocenters. The summed E-state index contributed by atoms with van der Waals surface area (Å²) in [6, 6.07) is 10.0. The molecule has 0 radical (unpaired) electrons. The Bertz CT molecular complexity index is 1200. The van der Waals surface area contributed by atoms with E-state index >= 15 is 0 Å². The van der Waals surface area contributed by atoms with E-state index in [9.17, 15) is 19.2 Å². The van der Waals surface area contributed by atoms with E-state index in [1.807, 2.05) is 0 Å². The largest absolute Gasteiger partial charge is 0.468 e. The van der Waals surface area contributed by atoms with Crippen LogP contribution in [0.2, 0.25) is 0 Å². The van der Waals surface area contributed by atoms with Crippen LogP contribution >= 0.6 is 0 Å². The number of carbonyl (C=O) groups is 4. The average Bonchev–Trinajstić information content (AvgIpc) is 3.08. The number of hydrogen-bond acceptors (Lipinski definition) is 8. The van der Waals surface area contributed by atoms with Crippen LogP contribution in [0.1, 0.15) is 46.0 Å². The minimum absolute atomic E-state index is 0.0926. The van der Waals surface area contributed by atoms with Gasteiger partial charge in [-0.1, -0.05) is 18.2 Å². The number of ether oxygens (including phenoxy) is 2. The zero-order valence-corrected chi connectivity index (χ0v) is 19.0. The normalized spacial score (nSPS) is 19.6. The first-order valence-corrected chi connectivity index (χ1v) is 10.7. The summed E-state index contributed by atoms with van der Waals surface area (Å²) in [5.41, 5.74) is 2.42. The van der Waals surface area contributed by atoms with Crippen LogP contribution in [0.4, 0.5) is 0 Å². The van der Waals surface area contributed by atoms with Crippen molar-refractivity contribution in [2.75, 3.05) is 20.3 Å². The van der Waals surface area contributed by atoms with Gasteiger partial charge in [0.2, 0.25) is 0 Å². The van der Waals surface area contributed by atoms with E-state index in [2.05, 4.69) is 9.98 Å². The SMILES string of the molecule is COC(=O)C1C(C)=NC(C)=C(C(=O)OCCN2C(=O)c3ccccc3C2=O)C1c1cccnc1. The third-order valence-corrected chi connectivity index (χ3v) is 5.97. The predicted molar refractivity (Wildman–Crippen MR) is 121 cm³/mol. The number of methoxy groups -OCH3 is 1. The minimum Gasteiger partial charge on any atom is -0.468 e. The van der Waals surface area contributed by atoms with Crippen LogP contribution in [0, 0.1) is 5.92 Å². The molecule has 174 valence electrons. The molecule has 9 nitrogen and oxygen atoms in total. The molecule has 0 aliphatic carbocycles. The van der Waals surface area contributed by atoms with Crippen molar-refractivity contribution >= 4 is 29.5 Å². The van der Waals surface area contributed by atoms with Gasteiger partial charge in [-0.3, -0.25) is 29.3 Å². The van der Waals surface area contributed by atoms with Gasteiger partial charge in [-0.2, -0.15) is 0 Å². The highest BCUT2D eigenvalue weighted by atomic mass is 16.5. The van der Waals surface area contributed by atoms with Gasteiger partial charge in [0, 0.05) is 29.7 Å². The van der Waals surface area contributed by atoms with E-state index in [0.717, 1.165) is 4.90 Å². The number of rotatable bonds is 6. The smallest absolute Gasteiger partial charge is 0.336 e. The molecule has 2 aromatic rings. The fourth-order valence-electron chi connectivity index (χ4n) is 4.40. The molecule has 2 unspecified atom stereocenters. The van der Waals surface area contributed by atoms with Gasteiger partial charge in [0.15, 0.2) is 0 Å². The fourth-order valence-corrected chi connectivity index (χ4v) is 4.40. The standard InChI is InChI=1S/C25H23N3O6/c1-14-19(24(31)33-3)21(16-7-6-10-26-13-16)20(15(2)27-14)25(32)34-12-11-28-22(29)17-8-4-5-9-18(17)23(28)30/h4-10,13,19,21H,11-12H2,1-3H3. The number of pyridine rings is 1. The number of aromatic nitrogens is 1. The summed E-state index contributed by atoms with van der Waals surface area (Å²) in [4.78, 5) is 60.5. The lowest BCUT2D eigenvalue weighted by molar-refractivity contribution is -0.144. The Labute approximate surface area is 196 Å². The second-order valence-corrected chi connectivity index (χ2v) is 7.96. The lowest BCUT2D eigenvalue weighted by atomic mass is 9.76. The highest BCUT2D eigenvalue weighted by Crippen LogP contribution is 2.39. The summed E-state index contributed by atoms with van der Waals surface area (Å²) in [5.74, 6) is -3.60. The molecule has 9 heteroatoms. The Morgan fingerprint density at radius 2 is 1.71 bits per heavy atom. The maximum absolute atomic E-state index is 13.2. The molecule has 1 aromatic carbocycles. The molecule has 1 aromatic heterocycles. The van der Waals surface area contributed by atoms with Crippen LogP contribution in [0.5, 0.6) is 0 Å². The van der Waals surface area contributed by atoms with E-state index in [0.29, 0.717) is 28.1 Å². The van der Waals surface area contributed by atoms with E-state index in [1.165, 1.54) is 7.11 Å². The first-order valence-electron chi connectivity index (χ1n) is 10.7. The van der Waals surface area contributed by atoms with Crippen molar-refractivity contribution in [1.82, 2.24) is 9.88 Å². The molecule has 34 heavy (non-hydrogen) atoms. The maximum atomic E-state index is 13.2. The molecule has 2 aliphatic rings. The number of carbonyl (C=O) groups excluding carboxylic acids is 4. The summed E-state index contributed by atoms with van der Waals surface area (Å²) < 4.78 is 10.5. The van der Waals surface area contributed by atoms with E-state index in [-0.39, 0.29) is 18.7 Å². The molecule has 0 bridgehead atoms. The van der Waals surface area contributed by atoms with Crippen LogP contribution < -0.4 is 0 Å². The van der Waals surface area contributed by atoms with Gasteiger partial charge in [0.1, 0.15) is 12.5 Å². The number of amides is 2. The van der Waals surface area contributed by atoms with Gasteiger partial charge in [-0.25, -0.2) is 4.79 Å².